The van der Waals surface area contributed by atoms with Gasteiger partial charge in [-0.3, -0.25) is 9.78 Å². The Morgan fingerprint density at radius 3 is 2.59 bits per heavy atom. The van der Waals surface area contributed by atoms with Gasteiger partial charge in [0, 0.05) is 38.3 Å². The van der Waals surface area contributed by atoms with Gasteiger partial charge in [-0.05, 0) is 24.3 Å². The van der Waals surface area contributed by atoms with E-state index in [4.69, 9.17) is 5.73 Å². The number of carbonyl (C=O) groups excluding carboxylic acids is 1. The predicted molar refractivity (Wildman–Crippen MR) is 90.5 cm³/mol. The molecule has 0 fully saturated rings. The van der Waals surface area contributed by atoms with E-state index in [1.54, 1.807) is 24.7 Å². The third kappa shape index (κ3) is 2.93. The summed E-state index contributed by atoms with van der Waals surface area (Å²) in [6.45, 7) is 0. The van der Waals surface area contributed by atoms with E-state index >= 15 is 0 Å². The number of anilines is 2. The van der Waals surface area contributed by atoms with Crippen LogP contribution >= 0.6 is 0 Å². The van der Waals surface area contributed by atoms with E-state index < -0.39 is 0 Å². The zero-order valence-corrected chi connectivity index (χ0v) is 11.7. The number of benzene rings is 1. The highest BCUT2D eigenvalue weighted by Crippen LogP contribution is 2.22. The van der Waals surface area contributed by atoms with Crippen LogP contribution in [0.3, 0.4) is 0 Å². The third-order valence-electron chi connectivity index (χ3n) is 3.19. The summed E-state index contributed by atoms with van der Waals surface area (Å²) in [7, 11) is 0. The molecule has 0 aliphatic heterocycles. The molecule has 3 N–H and O–H groups in total. The fourth-order valence-corrected chi connectivity index (χ4v) is 2.07. The number of para-hydroxylation sites is 1. The standard InChI is InChI=1S/C17H14N4O.2H2/c18-16-15(17(22)21-14-6-2-1-3-7-14)9-13(11-20-16)12-5-4-8-19-10-12;;/h1-11H,(H2,18,20)(H,21,22);2*1H. The van der Waals surface area contributed by atoms with E-state index in [0.29, 0.717) is 11.3 Å². The van der Waals surface area contributed by atoms with Gasteiger partial charge in [-0.15, -0.1) is 0 Å². The van der Waals surface area contributed by atoms with Crippen molar-refractivity contribution in [2.45, 2.75) is 0 Å². The van der Waals surface area contributed by atoms with Gasteiger partial charge in [-0.1, -0.05) is 24.3 Å². The Morgan fingerprint density at radius 2 is 1.86 bits per heavy atom. The second-order valence-electron chi connectivity index (χ2n) is 4.72. The number of amides is 1. The van der Waals surface area contributed by atoms with Crippen LogP contribution in [0.1, 0.15) is 13.2 Å². The van der Waals surface area contributed by atoms with Gasteiger partial charge < -0.3 is 11.1 Å². The number of nitrogens with one attached hydrogen (secondary N) is 1. The van der Waals surface area contributed by atoms with Crippen LogP contribution in [0.4, 0.5) is 11.5 Å². The van der Waals surface area contributed by atoms with Crippen LogP contribution in [0, 0.1) is 0 Å². The molecule has 5 nitrogen and oxygen atoms in total. The summed E-state index contributed by atoms with van der Waals surface area (Å²) in [6, 6.07) is 14.7. The Balaban J connectivity index is 0.00000144. The number of hydrogen-bond acceptors (Lipinski definition) is 4. The van der Waals surface area contributed by atoms with Crippen LogP contribution in [0.15, 0.2) is 67.1 Å². The first-order valence-electron chi connectivity index (χ1n) is 6.76. The van der Waals surface area contributed by atoms with Gasteiger partial charge in [0.05, 0.1) is 5.56 Å². The Morgan fingerprint density at radius 1 is 1.05 bits per heavy atom. The number of pyridine rings is 2. The molecule has 0 saturated heterocycles. The fourth-order valence-electron chi connectivity index (χ4n) is 2.07. The minimum atomic E-state index is -0.290. The van der Waals surface area contributed by atoms with Crippen LogP contribution in [-0.2, 0) is 0 Å². The molecule has 3 aromatic rings. The first-order valence-corrected chi connectivity index (χ1v) is 6.76. The predicted octanol–water partition coefficient (Wildman–Crippen LogP) is 3.47. The Hall–Kier alpha value is -3.21. The number of rotatable bonds is 3. The van der Waals surface area contributed by atoms with Crippen LogP contribution in [-0.4, -0.2) is 15.9 Å². The highest BCUT2D eigenvalue weighted by atomic mass is 16.1. The number of hydrogen-bond donors (Lipinski definition) is 2. The average Bonchev–Trinajstić information content (AvgIpc) is 2.57. The normalized spacial score (nSPS) is 10.2. The highest BCUT2D eigenvalue weighted by molar-refractivity contribution is 6.07. The van der Waals surface area contributed by atoms with Crippen molar-refractivity contribution in [3.05, 3.63) is 72.7 Å². The van der Waals surface area contributed by atoms with Crippen molar-refractivity contribution in [3.63, 3.8) is 0 Å². The maximum atomic E-state index is 12.4. The second-order valence-corrected chi connectivity index (χ2v) is 4.72. The van der Waals surface area contributed by atoms with Gasteiger partial charge in [-0.2, -0.15) is 0 Å². The van der Waals surface area contributed by atoms with E-state index in [0.717, 1.165) is 11.1 Å². The molecule has 5 heteroatoms. The van der Waals surface area contributed by atoms with E-state index in [-0.39, 0.29) is 14.6 Å². The minimum Gasteiger partial charge on any atom is -0.383 e. The lowest BCUT2D eigenvalue weighted by Gasteiger charge is -2.09. The first-order chi connectivity index (χ1) is 10.7. The smallest absolute Gasteiger partial charge is 0.259 e. The molecule has 2 heterocycles. The number of nitrogens with two attached hydrogens (primary N) is 1. The quantitative estimate of drug-likeness (QED) is 0.775. The third-order valence-corrected chi connectivity index (χ3v) is 3.19. The van der Waals surface area contributed by atoms with Gasteiger partial charge in [0.25, 0.3) is 5.91 Å². The van der Waals surface area contributed by atoms with Crippen LogP contribution in [0.2, 0.25) is 0 Å². The van der Waals surface area contributed by atoms with Crippen molar-refractivity contribution in [2.75, 3.05) is 11.1 Å². The van der Waals surface area contributed by atoms with Crippen molar-refractivity contribution in [1.82, 2.24) is 9.97 Å². The van der Waals surface area contributed by atoms with E-state index in [2.05, 4.69) is 15.3 Å². The molecule has 1 amide bonds. The largest absolute Gasteiger partial charge is 0.383 e. The van der Waals surface area contributed by atoms with E-state index in [9.17, 15) is 4.79 Å². The fraction of sp³-hybridized carbons (Fsp3) is 0. The molecule has 0 radical (unpaired) electrons. The molecule has 0 unspecified atom stereocenters. The maximum Gasteiger partial charge on any atom is 0.259 e. The van der Waals surface area contributed by atoms with E-state index in [1.807, 2.05) is 42.5 Å². The molecule has 3 rings (SSSR count). The van der Waals surface area contributed by atoms with E-state index in [1.165, 1.54) is 0 Å². The lowest BCUT2D eigenvalue weighted by atomic mass is 10.1. The second kappa shape index (κ2) is 6.05. The first kappa shape index (κ1) is 13.8. The molecule has 0 bridgehead atoms. The van der Waals surface area contributed by atoms with Gasteiger partial charge in [0.15, 0.2) is 0 Å². The Labute approximate surface area is 130 Å². The summed E-state index contributed by atoms with van der Waals surface area (Å²) < 4.78 is 0. The molecule has 0 atom stereocenters. The molecular weight excluding hydrogens is 276 g/mol. The Bertz CT molecular complexity index is 798. The molecule has 0 aliphatic carbocycles. The van der Waals surface area contributed by atoms with Crippen LogP contribution in [0.25, 0.3) is 11.1 Å². The minimum absolute atomic E-state index is 0. The summed E-state index contributed by atoms with van der Waals surface area (Å²) in [6.07, 6.45) is 5.04. The topological polar surface area (TPSA) is 80.9 Å². The van der Waals surface area contributed by atoms with Crippen LogP contribution < -0.4 is 11.1 Å². The molecular formula is C17H18N4O. The summed E-state index contributed by atoms with van der Waals surface area (Å²) in [5, 5.41) is 2.80. The van der Waals surface area contributed by atoms with Crippen molar-refractivity contribution in [1.29, 1.82) is 0 Å². The summed E-state index contributed by atoms with van der Waals surface area (Å²) in [4.78, 5) is 20.5. The van der Waals surface area contributed by atoms with Crippen LogP contribution in [0.5, 0.6) is 0 Å². The molecule has 0 spiro atoms. The zero-order valence-electron chi connectivity index (χ0n) is 11.7. The Kier molecular flexibility index (Phi) is 3.78. The number of carbonyl (C=O) groups is 1. The van der Waals surface area contributed by atoms with Crippen molar-refractivity contribution >= 4 is 17.4 Å². The van der Waals surface area contributed by atoms with Gasteiger partial charge in [-0.25, -0.2) is 4.98 Å². The maximum absolute atomic E-state index is 12.4. The average molecular weight is 294 g/mol. The summed E-state index contributed by atoms with van der Waals surface area (Å²) in [5.74, 6) is -0.0944. The summed E-state index contributed by atoms with van der Waals surface area (Å²) >= 11 is 0. The lowest BCUT2D eigenvalue weighted by Crippen LogP contribution is -2.15. The molecule has 0 saturated carbocycles. The highest BCUT2D eigenvalue weighted by Gasteiger charge is 2.13. The lowest BCUT2D eigenvalue weighted by molar-refractivity contribution is 0.102. The zero-order chi connectivity index (χ0) is 15.4. The summed E-state index contributed by atoms with van der Waals surface area (Å²) in [5.41, 5.74) is 8.55. The monoisotopic (exact) mass is 294 g/mol. The van der Waals surface area contributed by atoms with Crippen molar-refractivity contribution in [3.8, 4) is 11.1 Å². The molecule has 112 valence electrons. The number of nitrogens with zero attached hydrogens (tertiary/aromatic N) is 2. The van der Waals surface area contributed by atoms with Crippen molar-refractivity contribution in [2.24, 2.45) is 0 Å². The molecule has 2 aromatic heterocycles. The van der Waals surface area contributed by atoms with Crippen molar-refractivity contribution < 1.29 is 7.65 Å². The SMILES string of the molecule is Nc1ncc(-c2cccnc2)cc1C(=O)Nc1ccccc1.[HH].[HH]. The molecule has 22 heavy (non-hydrogen) atoms. The molecule has 1 aromatic carbocycles. The number of aromatic nitrogens is 2. The number of nitrogen functional groups attached to an aromatic ring is 1. The van der Waals surface area contributed by atoms with Gasteiger partial charge in [0.1, 0.15) is 5.82 Å². The van der Waals surface area contributed by atoms with Gasteiger partial charge >= 0.3 is 0 Å². The molecule has 0 aliphatic rings. The van der Waals surface area contributed by atoms with Gasteiger partial charge in [0.2, 0.25) is 0 Å².